The SMILES string of the molecule is COc1ccc(-n2c(C=Cc3cccc(F)c3)nc3ccccc3c2=O)cc1. The van der Waals surface area contributed by atoms with Gasteiger partial charge in [0.2, 0.25) is 0 Å². The number of fused-ring (bicyclic) bond motifs is 1. The minimum atomic E-state index is -0.318. The second kappa shape index (κ2) is 7.48. The first-order valence-corrected chi connectivity index (χ1v) is 8.75. The van der Waals surface area contributed by atoms with E-state index in [1.807, 2.05) is 12.1 Å². The molecule has 5 heteroatoms. The molecule has 0 spiro atoms. The van der Waals surface area contributed by atoms with E-state index in [9.17, 15) is 9.18 Å². The van der Waals surface area contributed by atoms with Crippen LogP contribution >= 0.6 is 0 Å². The van der Waals surface area contributed by atoms with Crippen molar-refractivity contribution in [1.29, 1.82) is 0 Å². The zero-order valence-corrected chi connectivity index (χ0v) is 15.2. The fourth-order valence-corrected chi connectivity index (χ4v) is 3.02. The molecular weight excluding hydrogens is 355 g/mol. The minimum absolute atomic E-state index is 0.172. The Kier molecular flexibility index (Phi) is 4.72. The predicted molar refractivity (Wildman–Crippen MR) is 109 cm³/mol. The van der Waals surface area contributed by atoms with Gasteiger partial charge in [-0.15, -0.1) is 0 Å². The number of benzene rings is 3. The number of aromatic nitrogens is 2. The molecule has 1 heterocycles. The molecule has 0 atom stereocenters. The molecule has 4 nitrogen and oxygen atoms in total. The Bertz CT molecular complexity index is 1230. The Labute approximate surface area is 161 Å². The highest BCUT2D eigenvalue weighted by atomic mass is 19.1. The van der Waals surface area contributed by atoms with Crippen molar-refractivity contribution in [3.8, 4) is 11.4 Å². The molecule has 0 bridgehead atoms. The summed E-state index contributed by atoms with van der Waals surface area (Å²) in [5.74, 6) is 0.835. The largest absolute Gasteiger partial charge is 0.497 e. The number of methoxy groups -OCH3 is 1. The first-order valence-electron chi connectivity index (χ1n) is 8.75. The Balaban J connectivity index is 1.91. The number of hydrogen-bond donors (Lipinski definition) is 0. The Morgan fingerprint density at radius 3 is 2.50 bits per heavy atom. The van der Waals surface area contributed by atoms with E-state index < -0.39 is 0 Å². The molecule has 0 aliphatic heterocycles. The lowest BCUT2D eigenvalue weighted by Gasteiger charge is -2.12. The highest BCUT2D eigenvalue weighted by Gasteiger charge is 2.11. The van der Waals surface area contributed by atoms with E-state index in [-0.39, 0.29) is 11.4 Å². The molecule has 138 valence electrons. The number of para-hydroxylation sites is 1. The van der Waals surface area contributed by atoms with Crippen molar-refractivity contribution in [3.63, 3.8) is 0 Å². The average molecular weight is 372 g/mol. The lowest BCUT2D eigenvalue weighted by molar-refractivity contribution is 0.414. The van der Waals surface area contributed by atoms with Crippen molar-refractivity contribution in [2.24, 2.45) is 0 Å². The second-order valence-electron chi connectivity index (χ2n) is 6.21. The van der Waals surface area contributed by atoms with Crippen LogP contribution in [0.4, 0.5) is 4.39 Å². The quantitative estimate of drug-likeness (QED) is 0.521. The summed E-state index contributed by atoms with van der Waals surface area (Å²) in [5, 5.41) is 0.529. The van der Waals surface area contributed by atoms with E-state index >= 15 is 0 Å². The lowest BCUT2D eigenvalue weighted by Crippen LogP contribution is -2.22. The van der Waals surface area contributed by atoms with Gasteiger partial charge in [-0.05, 0) is 60.2 Å². The molecule has 0 unspecified atom stereocenters. The van der Waals surface area contributed by atoms with Gasteiger partial charge in [0.05, 0.1) is 23.7 Å². The Morgan fingerprint density at radius 1 is 0.964 bits per heavy atom. The van der Waals surface area contributed by atoms with Crippen molar-refractivity contribution in [2.75, 3.05) is 7.11 Å². The van der Waals surface area contributed by atoms with Gasteiger partial charge in [-0.2, -0.15) is 0 Å². The van der Waals surface area contributed by atoms with Crippen LogP contribution in [0.3, 0.4) is 0 Å². The van der Waals surface area contributed by atoms with Gasteiger partial charge in [0, 0.05) is 0 Å². The summed E-state index contributed by atoms with van der Waals surface area (Å²) in [4.78, 5) is 17.8. The molecule has 28 heavy (non-hydrogen) atoms. The van der Waals surface area contributed by atoms with Crippen LogP contribution in [0.5, 0.6) is 5.75 Å². The van der Waals surface area contributed by atoms with Crippen LogP contribution in [0.15, 0.2) is 77.6 Å². The summed E-state index contributed by atoms with van der Waals surface area (Å²) in [7, 11) is 1.59. The molecule has 0 aliphatic carbocycles. The first-order chi connectivity index (χ1) is 13.7. The van der Waals surface area contributed by atoms with Gasteiger partial charge in [-0.3, -0.25) is 9.36 Å². The molecular formula is C23H17FN2O2. The van der Waals surface area contributed by atoms with Crippen molar-refractivity contribution in [3.05, 3.63) is 100 Å². The number of halogens is 1. The van der Waals surface area contributed by atoms with E-state index in [0.29, 0.717) is 33.7 Å². The summed E-state index contributed by atoms with van der Waals surface area (Å²) in [6, 6.07) is 20.6. The highest BCUT2D eigenvalue weighted by Crippen LogP contribution is 2.18. The lowest BCUT2D eigenvalue weighted by atomic mass is 10.2. The van der Waals surface area contributed by atoms with Crippen molar-refractivity contribution in [1.82, 2.24) is 9.55 Å². The molecule has 0 radical (unpaired) electrons. The number of rotatable bonds is 4. The van der Waals surface area contributed by atoms with Crippen LogP contribution in [0.25, 0.3) is 28.7 Å². The van der Waals surface area contributed by atoms with Gasteiger partial charge in [0.25, 0.3) is 5.56 Å². The molecule has 4 rings (SSSR count). The first kappa shape index (κ1) is 17.7. The number of hydrogen-bond acceptors (Lipinski definition) is 3. The van der Waals surface area contributed by atoms with Crippen molar-refractivity contribution < 1.29 is 9.13 Å². The van der Waals surface area contributed by atoms with E-state index in [4.69, 9.17) is 4.74 Å². The maximum atomic E-state index is 13.5. The van der Waals surface area contributed by atoms with Crippen LogP contribution in [-0.2, 0) is 0 Å². The third kappa shape index (κ3) is 3.42. The zero-order chi connectivity index (χ0) is 19.5. The van der Waals surface area contributed by atoms with Gasteiger partial charge in [0.1, 0.15) is 17.4 Å². The van der Waals surface area contributed by atoms with Crippen molar-refractivity contribution >= 4 is 23.1 Å². The average Bonchev–Trinajstić information content (AvgIpc) is 2.73. The van der Waals surface area contributed by atoms with E-state index in [1.165, 1.54) is 16.7 Å². The molecule has 0 saturated heterocycles. The van der Waals surface area contributed by atoms with E-state index in [2.05, 4.69) is 4.98 Å². The van der Waals surface area contributed by atoms with E-state index in [1.54, 1.807) is 67.8 Å². The predicted octanol–water partition coefficient (Wildman–Crippen LogP) is 4.70. The van der Waals surface area contributed by atoms with Crippen LogP contribution in [0, 0.1) is 5.82 Å². The number of ether oxygens (including phenoxy) is 1. The summed E-state index contributed by atoms with van der Waals surface area (Å²) in [6.07, 6.45) is 3.45. The van der Waals surface area contributed by atoms with Crippen LogP contribution < -0.4 is 10.3 Å². The summed E-state index contributed by atoms with van der Waals surface area (Å²) >= 11 is 0. The summed E-state index contributed by atoms with van der Waals surface area (Å²) in [5.41, 5.74) is 1.79. The monoisotopic (exact) mass is 372 g/mol. The molecule has 1 aromatic heterocycles. The highest BCUT2D eigenvalue weighted by molar-refractivity contribution is 5.80. The third-order valence-corrected chi connectivity index (χ3v) is 4.41. The fourth-order valence-electron chi connectivity index (χ4n) is 3.02. The Morgan fingerprint density at radius 2 is 1.75 bits per heavy atom. The van der Waals surface area contributed by atoms with Gasteiger partial charge < -0.3 is 4.74 Å². The third-order valence-electron chi connectivity index (χ3n) is 4.41. The molecule has 0 amide bonds. The topological polar surface area (TPSA) is 44.1 Å². The fraction of sp³-hybridized carbons (Fsp3) is 0.0435. The smallest absolute Gasteiger partial charge is 0.266 e. The van der Waals surface area contributed by atoms with Gasteiger partial charge in [0.15, 0.2) is 0 Å². The normalized spacial score (nSPS) is 11.2. The number of nitrogens with zero attached hydrogens (tertiary/aromatic N) is 2. The molecule has 0 aliphatic rings. The van der Waals surface area contributed by atoms with Gasteiger partial charge in [-0.25, -0.2) is 9.37 Å². The summed E-state index contributed by atoms with van der Waals surface area (Å²) in [6.45, 7) is 0. The van der Waals surface area contributed by atoms with Gasteiger partial charge in [-0.1, -0.05) is 30.3 Å². The molecule has 3 aromatic carbocycles. The molecule has 0 fully saturated rings. The second-order valence-corrected chi connectivity index (χ2v) is 6.21. The molecule has 0 N–H and O–H groups in total. The minimum Gasteiger partial charge on any atom is -0.497 e. The Hall–Kier alpha value is -3.73. The van der Waals surface area contributed by atoms with Crippen LogP contribution in [0.2, 0.25) is 0 Å². The summed E-state index contributed by atoms with van der Waals surface area (Å²) < 4.78 is 20.2. The molecule has 4 aromatic rings. The zero-order valence-electron chi connectivity index (χ0n) is 15.2. The van der Waals surface area contributed by atoms with Crippen LogP contribution in [0.1, 0.15) is 11.4 Å². The molecule has 0 saturated carbocycles. The van der Waals surface area contributed by atoms with Crippen LogP contribution in [-0.4, -0.2) is 16.7 Å². The van der Waals surface area contributed by atoms with Crippen molar-refractivity contribution in [2.45, 2.75) is 0 Å². The van der Waals surface area contributed by atoms with Gasteiger partial charge >= 0.3 is 0 Å². The maximum absolute atomic E-state index is 13.5. The maximum Gasteiger partial charge on any atom is 0.266 e. The van der Waals surface area contributed by atoms with E-state index in [0.717, 1.165) is 0 Å². The standard InChI is InChI=1S/C23H17FN2O2/c1-28-19-12-10-18(11-13-19)26-22(14-9-16-5-4-6-17(24)15-16)25-21-8-3-2-7-20(21)23(26)27/h2-15H,1H3.